The van der Waals surface area contributed by atoms with Gasteiger partial charge in [-0.2, -0.15) is 0 Å². The topological polar surface area (TPSA) is 111 Å². The Morgan fingerprint density at radius 3 is 1.32 bits per heavy atom. The molecule has 3 atom stereocenters. The van der Waals surface area contributed by atoms with E-state index >= 15 is 0 Å². The predicted octanol–water partition coefficient (Wildman–Crippen LogP) is 18.9. The number of esters is 1. The Labute approximate surface area is 468 Å². The largest absolute Gasteiger partial charge is 0.472 e. The zero-order valence-electron chi connectivity index (χ0n) is 49.7. The summed E-state index contributed by atoms with van der Waals surface area (Å²) in [6, 6.07) is -0.897. The van der Waals surface area contributed by atoms with Gasteiger partial charge >= 0.3 is 13.8 Å². The van der Waals surface area contributed by atoms with E-state index in [0.29, 0.717) is 17.4 Å². The van der Waals surface area contributed by atoms with E-state index in [1.165, 1.54) is 109 Å². The average Bonchev–Trinajstić information content (AvgIpc) is 3.38. The van der Waals surface area contributed by atoms with Gasteiger partial charge in [0.1, 0.15) is 19.3 Å². The number of carbonyl (C=O) groups is 2. The van der Waals surface area contributed by atoms with E-state index in [1.807, 2.05) is 39.4 Å². The number of hydrogen-bond donors (Lipinski definition) is 2. The minimum Gasteiger partial charge on any atom is -0.456 e. The Bertz CT molecular complexity index is 1670. The Balaban J connectivity index is 5.40. The van der Waals surface area contributed by atoms with Gasteiger partial charge in [0.15, 0.2) is 0 Å². The molecule has 76 heavy (non-hydrogen) atoms. The molecule has 0 aromatic rings. The summed E-state index contributed by atoms with van der Waals surface area (Å²) in [5.41, 5.74) is 0. The lowest BCUT2D eigenvalue weighted by Crippen LogP contribution is -2.47. The molecule has 2 N–H and O–H groups in total. The number of carbonyl (C=O) groups excluding carboxylic acids is 2. The summed E-state index contributed by atoms with van der Waals surface area (Å²) >= 11 is 0. The first-order valence-electron chi connectivity index (χ1n) is 30.7. The van der Waals surface area contributed by atoms with E-state index in [-0.39, 0.29) is 37.9 Å². The molecule has 0 heterocycles. The summed E-state index contributed by atoms with van der Waals surface area (Å²) in [6.07, 6.45) is 75.3. The summed E-state index contributed by atoms with van der Waals surface area (Å²) in [4.78, 5) is 37.7. The number of unbranched alkanes of at least 4 members (excludes halogenated alkanes) is 22. The van der Waals surface area contributed by atoms with Crippen LogP contribution in [0, 0.1) is 0 Å². The van der Waals surface area contributed by atoms with Crippen molar-refractivity contribution in [2.75, 3.05) is 40.9 Å². The van der Waals surface area contributed by atoms with Crippen molar-refractivity contribution in [3.63, 3.8) is 0 Å². The number of hydrogen-bond acceptors (Lipinski definition) is 6. The first-order valence-corrected chi connectivity index (χ1v) is 32.2. The normalized spacial score (nSPS) is 14.5. The first kappa shape index (κ1) is 72.7. The number of likely N-dealkylation sites (N-methyl/N-ethyl adjacent to an activating group) is 1. The van der Waals surface area contributed by atoms with Gasteiger partial charge in [-0.05, 0) is 102 Å². The molecule has 9 nitrogen and oxygen atoms in total. The highest BCUT2D eigenvalue weighted by Gasteiger charge is 2.30. The van der Waals surface area contributed by atoms with Crippen LogP contribution in [0.2, 0.25) is 0 Å². The Hall–Kier alpha value is -3.33. The van der Waals surface area contributed by atoms with E-state index in [1.54, 1.807) is 0 Å². The van der Waals surface area contributed by atoms with Gasteiger partial charge in [0.05, 0.1) is 33.8 Å². The van der Waals surface area contributed by atoms with Crippen LogP contribution in [0.1, 0.15) is 245 Å². The fraction of sp³-hybridized carbons (Fsp3) is 0.697. The summed E-state index contributed by atoms with van der Waals surface area (Å²) in [5, 5.41) is 3.00. The van der Waals surface area contributed by atoms with Crippen molar-refractivity contribution in [3.05, 3.63) is 109 Å². The second kappa shape index (κ2) is 55.0. The predicted molar refractivity (Wildman–Crippen MR) is 327 cm³/mol. The molecule has 0 aliphatic heterocycles. The minimum absolute atomic E-state index is 0.0208. The van der Waals surface area contributed by atoms with E-state index in [2.05, 4.69) is 117 Å². The summed E-state index contributed by atoms with van der Waals surface area (Å²) < 4.78 is 30.6. The van der Waals surface area contributed by atoms with E-state index in [4.69, 9.17) is 13.8 Å². The number of nitrogens with zero attached hydrogens (tertiary/aromatic N) is 1. The van der Waals surface area contributed by atoms with Gasteiger partial charge in [0.2, 0.25) is 5.91 Å². The number of rotatable bonds is 54. The van der Waals surface area contributed by atoms with Crippen molar-refractivity contribution in [3.8, 4) is 0 Å². The van der Waals surface area contributed by atoms with Gasteiger partial charge in [0.25, 0.3) is 0 Å². The van der Waals surface area contributed by atoms with Crippen LogP contribution < -0.4 is 5.32 Å². The third-order valence-corrected chi connectivity index (χ3v) is 13.9. The Morgan fingerprint density at radius 2 is 0.855 bits per heavy atom. The van der Waals surface area contributed by atoms with Crippen LogP contribution in [0.4, 0.5) is 0 Å². The number of phosphoric ester groups is 1. The highest BCUT2D eigenvalue weighted by atomic mass is 31.2. The Morgan fingerprint density at radius 1 is 0.474 bits per heavy atom. The summed E-state index contributed by atoms with van der Waals surface area (Å²) in [5.74, 6) is -0.612. The second-order valence-corrected chi connectivity index (χ2v) is 22.9. The number of allylic oxidation sites excluding steroid dienone is 17. The zero-order valence-corrected chi connectivity index (χ0v) is 50.6. The van der Waals surface area contributed by atoms with Crippen LogP contribution in [-0.4, -0.2) is 74.3 Å². The lowest BCUT2D eigenvalue weighted by molar-refractivity contribution is -0.870. The van der Waals surface area contributed by atoms with Gasteiger partial charge in [-0.25, -0.2) is 4.57 Å². The maximum Gasteiger partial charge on any atom is 0.472 e. The second-order valence-electron chi connectivity index (χ2n) is 21.5. The van der Waals surface area contributed by atoms with Crippen LogP contribution in [0.25, 0.3) is 0 Å². The number of ether oxygens (including phenoxy) is 1. The molecule has 0 fully saturated rings. The van der Waals surface area contributed by atoms with Gasteiger partial charge in [0, 0.05) is 12.8 Å². The zero-order chi connectivity index (χ0) is 55.7. The van der Waals surface area contributed by atoms with Crippen LogP contribution in [0.15, 0.2) is 109 Å². The number of amides is 1. The minimum atomic E-state index is -4.48. The molecule has 1 amide bonds. The van der Waals surface area contributed by atoms with E-state index < -0.39 is 20.0 Å². The third-order valence-electron chi connectivity index (χ3n) is 13.0. The Kier molecular flexibility index (Phi) is 52.6. The molecule has 0 saturated carbocycles. The number of phosphoric acid groups is 1. The van der Waals surface area contributed by atoms with Crippen LogP contribution >= 0.6 is 7.82 Å². The van der Waals surface area contributed by atoms with Crippen LogP contribution in [-0.2, 0) is 27.9 Å². The molecule has 0 saturated heterocycles. The highest BCUT2D eigenvalue weighted by molar-refractivity contribution is 7.47. The fourth-order valence-electron chi connectivity index (χ4n) is 8.23. The molecule has 3 unspecified atom stereocenters. The molecule has 0 spiro atoms. The lowest BCUT2D eigenvalue weighted by Gasteiger charge is -2.27. The summed E-state index contributed by atoms with van der Waals surface area (Å²) in [6.45, 7) is 6.80. The molecule has 0 aromatic heterocycles. The van der Waals surface area contributed by atoms with Crippen LogP contribution in [0.3, 0.4) is 0 Å². The first-order chi connectivity index (χ1) is 36.9. The van der Waals surface area contributed by atoms with Crippen LogP contribution in [0.5, 0.6) is 0 Å². The molecular formula is C66H116N2O7P+. The third kappa shape index (κ3) is 55.4. The number of quaternary nitrogens is 1. The molecule has 0 bridgehead atoms. The molecule has 0 aromatic carbocycles. The van der Waals surface area contributed by atoms with Crippen molar-refractivity contribution in [1.29, 1.82) is 0 Å². The standard InChI is InChI=1S/C66H115N2O7P/c1-7-10-13-16-19-22-25-28-30-32-34-36-38-40-43-46-49-52-55-58-65(69)67-63(62-74-76(71,72)73-61-60-68(4,5)6)64(57-54-51-48-45-42-27-24-21-18-15-12-9-3)75-66(70)59-56-53-50-47-44-41-39-37-35-33-31-29-26-23-20-17-14-11-8-2/h10,13,19-20,22-23,28-31,34,36,40,43,49,52,54,57,63-64H,7-9,11-12,14-18,21,24-27,32-33,35,37-39,41-42,44-48,50-51,53,55-56,58-62H2,1-6H3,(H-,67,69,71,72)/p+1/b13-10-,22-19-,23-20-,30-28-,31-29-,36-34-,43-40-,52-49-,57-54+. The molecule has 10 heteroatoms. The maximum absolute atomic E-state index is 13.5. The van der Waals surface area contributed by atoms with Gasteiger partial charge in [-0.15, -0.1) is 0 Å². The smallest absolute Gasteiger partial charge is 0.456 e. The highest BCUT2D eigenvalue weighted by Crippen LogP contribution is 2.43. The van der Waals surface area contributed by atoms with Gasteiger partial charge in [-0.1, -0.05) is 240 Å². The average molecular weight is 1080 g/mol. The molecule has 0 radical (unpaired) electrons. The summed E-state index contributed by atoms with van der Waals surface area (Å²) in [7, 11) is 1.43. The number of nitrogens with one attached hydrogen (secondary N) is 1. The molecule has 0 aliphatic carbocycles. The van der Waals surface area contributed by atoms with E-state index in [0.717, 1.165) is 96.3 Å². The molecular weight excluding hydrogens is 964 g/mol. The van der Waals surface area contributed by atoms with Crippen molar-refractivity contribution in [2.45, 2.75) is 258 Å². The molecule has 0 aliphatic rings. The van der Waals surface area contributed by atoms with Gasteiger partial charge < -0.3 is 19.4 Å². The van der Waals surface area contributed by atoms with Crippen molar-refractivity contribution < 1.29 is 37.3 Å². The van der Waals surface area contributed by atoms with E-state index in [9.17, 15) is 19.0 Å². The van der Waals surface area contributed by atoms with Gasteiger partial charge in [-0.3, -0.25) is 18.6 Å². The molecule has 436 valence electrons. The molecule has 0 rings (SSSR count). The monoisotopic (exact) mass is 1080 g/mol. The fourth-order valence-corrected chi connectivity index (χ4v) is 8.96. The lowest BCUT2D eigenvalue weighted by atomic mass is 10.0. The van der Waals surface area contributed by atoms with Crippen molar-refractivity contribution >= 4 is 19.7 Å². The van der Waals surface area contributed by atoms with Crippen molar-refractivity contribution in [2.24, 2.45) is 0 Å². The SMILES string of the molecule is CC/C=C\C/C=C\C/C=C\C/C=C\C/C=C\C/C=C\CCC(=O)NC(COP(=O)(O)OCC[N+](C)(C)C)C(/C=C/CCCCCCCCCCCC)OC(=O)CCCCCCCCCCC/C=C\C/C=C\CCCCC. The quantitative estimate of drug-likeness (QED) is 0.0205. The maximum atomic E-state index is 13.5. The van der Waals surface area contributed by atoms with Crippen molar-refractivity contribution in [1.82, 2.24) is 5.32 Å².